The van der Waals surface area contributed by atoms with Crippen molar-refractivity contribution in [2.24, 2.45) is 0 Å². The van der Waals surface area contributed by atoms with Crippen LogP contribution >= 0.6 is 0 Å². The highest BCUT2D eigenvalue weighted by Gasteiger charge is 2.19. The average molecular weight is 281 g/mol. The van der Waals surface area contributed by atoms with Crippen LogP contribution in [0.15, 0.2) is 22.6 Å². The summed E-state index contributed by atoms with van der Waals surface area (Å²) in [6.07, 6.45) is 0. The normalized spacial score (nSPS) is 10.3. The quantitative estimate of drug-likeness (QED) is 0.478. The third-order valence-corrected chi connectivity index (χ3v) is 2.22. The first-order valence-electron chi connectivity index (χ1n) is 5.47. The van der Waals surface area contributed by atoms with Crippen LogP contribution in [0.3, 0.4) is 0 Å². The van der Waals surface area contributed by atoms with Gasteiger partial charge in [0.15, 0.2) is 0 Å². The summed E-state index contributed by atoms with van der Waals surface area (Å²) in [6.45, 7) is 1.73. The van der Waals surface area contributed by atoms with E-state index in [0.717, 1.165) is 18.2 Å². The molecule has 9 heteroatoms. The summed E-state index contributed by atoms with van der Waals surface area (Å²) in [5, 5.41) is 17.6. The van der Waals surface area contributed by atoms with Crippen molar-refractivity contribution in [3.05, 3.63) is 40.0 Å². The molecular formula is C11H8FN3O5. The Bertz CT molecular complexity index is 670. The second-order valence-electron chi connectivity index (χ2n) is 3.59. The molecule has 0 radical (unpaired) electrons. The molecule has 1 heterocycles. The van der Waals surface area contributed by atoms with Gasteiger partial charge in [-0.2, -0.15) is 0 Å². The van der Waals surface area contributed by atoms with Crippen molar-refractivity contribution >= 4 is 11.7 Å². The van der Waals surface area contributed by atoms with Crippen molar-refractivity contribution in [3.8, 4) is 11.5 Å². The molecule has 0 N–H and O–H groups in total. The Labute approximate surface area is 111 Å². The third-order valence-electron chi connectivity index (χ3n) is 2.22. The van der Waals surface area contributed by atoms with Crippen LogP contribution in [0.25, 0.3) is 11.5 Å². The SMILES string of the molecule is CCOC(=O)c1nnc(-c2cc(F)cc([N+](=O)[O-])c2)o1. The number of nitro benzene ring substituents is 1. The number of nitrogens with zero attached hydrogens (tertiary/aromatic N) is 3. The largest absolute Gasteiger partial charge is 0.459 e. The van der Waals surface area contributed by atoms with Crippen molar-refractivity contribution < 1.29 is 23.3 Å². The summed E-state index contributed by atoms with van der Waals surface area (Å²) >= 11 is 0. The van der Waals surface area contributed by atoms with Crippen LogP contribution in [0, 0.1) is 15.9 Å². The minimum atomic E-state index is -0.829. The molecule has 104 valence electrons. The predicted molar refractivity (Wildman–Crippen MR) is 62.3 cm³/mol. The van der Waals surface area contributed by atoms with Crippen molar-refractivity contribution in [2.45, 2.75) is 6.92 Å². The van der Waals surface area contributed by atoms with E-state index in [1.165, 1.54) is 0 Å². The molecule has 2 rings (SSSR count). The molecule has 0 spiro atoms. The molecular weight excluding hydrogens is 273 g/mol. The Kier molecular flexibility index (Phi) is 3.69. The maximum Gasteiger partial charge on any atom is 0.396 e. The lowest BCUT2D eigenvalue weighted by Crippen LogP contribution is -2.04. The molecule has 0 aliphatic heterocycles. The first-order valence-corrected chi connectivity index (χ1v) is 5.47. The van der Waals surface area contributed by atoms with E-state index in [0.29, 0.717) is 0 Å². The van der Waals surface area contributed by atoms with Crippen LogP contribution in [-0.4, -0.2) is 27.7 Å². The molecule has 20 heavy (non-hydrogen) atoms. The number of hydrogen-bond donors (Lipinski definition) is 0. The number of carbonyl (C=O) groups excluding carboxylic acids is 1. The summed E-state index contributed by atoms with van der Waals surface area (Å²) in [5.41, 5.74) is -0.462. The monoisotopic (exact) mass is 281 g/mol. The highest BCUT2D eigenvalue weighted by Crippen LogP contribution is 2.24. The summed E-state index contributed by atoms with van der Waals surface area (Å²) in [4.78, 5) is 21.2. The van der Waals surface area contributed by atoms with Crippen LogP contribution in [0.1, 0.15) is 17.6 Å². The first kappa shape index (κ1) is 13.6. The minimum Gasteiger partial charge on any atom is -0.459 e. The molecule has 1 aromatic carbocycles. The van der Waals surface area contributed by atoms with Crippen LogP contribution in [0.4, 0.5) is 10.1 Å². The van der Waals surface area contributed by atoms with Gasteiger partial charge in [0.2, 0.25) is 5.89 Å². The zero-order valence-corrected chi connectivity index (χ0v) is 10.2. The lowest BCUT2D eigenvalue weighted by Gasteiger charge is -1.97. The number of carbonyl (C=O) groups is 1. The maximum atomic E-state index is 13.3. The third kappa shape index (κ3) is 2.76. The van der Waals surface area contributed by atoms with E-state index in [4.69, 9.17) is 4.42 Å². The zero-order chi connectivity index (χ0) is 14.7. The van der Waals surface area contributed by atoms with Gasteiger partial charge in [-0.25, -0.2) is 9.18 Å². The van der Waals surface area contributed by atoms with Crippen LogP contribution < -0.4 is 0 Å². The number of nitro groups is 1. The smallest absolute Gasteiger partial charge is 0.396 e. The van der Waals surface area contributed by atoms with Gasteiger partial charge in [-0.3, -0.25) is 10.1 Å². The van der Waals surface area contributed by atoms with Crippen molar-refractivity contribution in [1.82, 2.24) is 10.2 Å². The number of halogens is 1. The van der Waals surface area contributed by atoms with Crippen molar-refractivity contribution in [1.29, 1.82) is 0 Å². The van der Waals surface area contributed by atoms with E-state index >= 15 is 0 Å². The minimum absolute atomic E-state index is 0.000233. The van der Waals surface area contributed by atoms with E-state index in [2.05, 4.69) is 14.9 Å². The lowest BCUT2D eigenvalue weighted by molar-refractivity contribution is -0.385. The molecule has 0 unspecified atom stereocenters. The molecule has 1 aromatic heterocycles. The first-order chi connectivity index (χ1) is 9.51. The van der Waals surface area contributed by atoms with Crippen LogP contribution in [-0.2, 0) is 4.74 Å². The molecule has 0 saturated heterocycles. The van der Waals surface area contributed by atoms with Crippen molar-refractivity contribution in [2.75, 3.05) is 6.61 Å². The molecule has 0 aliphatic carbocycles. The van der Waals surface area contributed by atoms with Crippen molar-refractivity contribution in [3.63, 3.8) is 0 Å². The predicted octanol–water partition coefficient (Wildman–Crippen LogP) is 1.96. The summed E-state index contributed by atoms with van der Waals surface area (Å²) in [5.74, 6) is -2.27. The zero-order valence-electron chi connectivity index (χ0n) is 10.2. The van der Waals surface area contributed by atoms with Gasteiger partial charge in [-0.15, -0.1) is 10.2 Å². The second-order valence-corrected chi connectivity index (χ2v) is 3.59. The molecule has 0 saturated carbocycles. The fourth-order valence-corrected chi connectivity index (χ4v) is 1.42. The number of rotatable bonds is 4. The van der Waals surface area contributed by atoms with Crippen LogP contribution in [0.2, 0.25) is 0 Å². The van der Waals surface area contributed by atoms with E-state index in [-0.39, 0.29) is 18.1 Å². The van der Waals surface area contributed by atoms with E-state index < -0.39 is 28.3 Å². The molecule has 0 fully saturated rings. The van der Waals surface area contributed by atoms with Gasteiger partial charge < -0.3 is 9.15 Å². The Morgan fingerprint density at radius 1 is 1.45 bits per heavy atom. The molecule has 8 nitrogen and oxygen atoms in total. The van der Waals surface area contributed by atoms with E-state index in [9.17, 15) is 19.3 Å². The number of ether oxygens (including phenoxy) is 1. The molecule has 0 amide bonds. The highest BCUT2D eigenvalue weighted by atomic mass is 19.1. The number of esters is 1. The van der Waals surface area contributed by atoms with Gasteiger partial charge in [0.25, 0.3) is 5.69 Å². The fraction of sp³-hybridized carbons (Fsp3) is 0.182. The van der Waals surface area contributed by atoms with E-state index in [1.54, 1.807) is 6.92 Å². The Morgan fingerprint density at radius 2 is 2.20 bits per heavy atom. The lowest BCUT2D eigenvalue weighted by atomic mass is 10.2. The topological polar surface area (TPSA) is 108 Å². The molecule has 0 aliphatic rings. The second kappa shape index (κ2) is 5.43. The Hall–Kier alpha value is -2.84. The highest BCUT2D eigenvalue weighted by molar-refractivity contribution is 5.84. The molecule has 2 aromatic rings. The van der Waals surface area contributed by atoms with E-state index in [1.807, 2.05) is 0 Å². The van der Waals surface area contributed by atoms with Gasteiger partial charge in [0.05, 0.1) is 17.6 Å². The summed E-state index contributed by atoms with van der Waals surface area (Å²) < 4.78 is 22.9. The van der Waals surface area contributed by atoms with Gasteiger partial charge in [-0.05, 0) is 13.0 Å². The molecule has 0 bridgehead atoms. The summed E-state index contributed by atoms with van der Waals surface area (Å²) in [7, 11) is 0. The standard InChI is InChI=1S/C11H8FN3O5/c1-2-19-11(16)10-14-13-9(20-10)6-3-7(12)5-8(4-6)15(17)18/h3-5H,2H2,1H3. The number of benzene rings is 1. The van der Waals surface area contributed by atoms with Crippen LogP contribution in [0.5, 0.6) is 0 Å². The average Bonchev–Trinajstić information content (AvgIpc) is 2.88. The van der Waals surface area contributed by atoms with Gasteiger partial charge in [0.1, 0.15) is 5.82 Å². The Morgan fingerprint density at radius 3 is 2.85 bits per heavy atom. The number of non-ortho nitro benzene ring substituents is 1. The van der Waals surface area contributed by atoms with Gasteiger partial charge >= 0.3 is 11.9 Å². The summed E-state index contributed by atoms with van der Waals surface area (Å²) in [6, 6.07) is 2.80. The fourth-order valence-electron chi connectivity index (χ4n) is 1.42. The number of hydrogen-bond acceptors (Lipinski definition) is 7. The maximum absolute atomic E-state index is 13.3. The van der Waals surface area contributed by atoms with Gasteiger partial charge in [0, 0.05) is 11.6 Å². The Balaban J connectivity index is 2.37. The van der Waals surface area contributed by atoms with Gasteiger partial charge in [-0.1, -0.05) is 0 Å². The molecule has 0 atom stereocenters. The number of aromatic nitrogens is 2.